The van der Waals surface area contributed by atoms with E-state index in [1.807, 2.05) is 12.1 Å². The summed E-state index contributed by atoms with van der Waals surface area (Å²) in [5.74, 6) is -0.875. The monoisotopic (exact) mass is 452 g/mol. The summed E-state index contributed by atoms with van der Waals surface area (Å²) in [6.07, 6.45) is 1.55. The van der Waals surface area contributed by atoms with Crippen molar-refractivity contribution in [2.75, 3.05) is 11.9 Å². The first-order valence-electron chi connectivity index (χ1n) is 9.51. The molecule has 4 nitrogen and oxygen atoms in total. The Hall–Kier alpha value is -3.09. The third-order valence-electron chi connectivity index (χ3n) is 4.88. The topological polar surface area (TPSA) is 49.4 Å². The van der Waals surface area contributed by atoms with E-state index in [9.17, 15) is 14.0 Å². The van der Waals surface area contributed by atoms with Crippen LogP contribution in [0.2, 0.25) is 5.02 Å². The van der Waals surface area contributed by atoms with Crippen LogP contribution >= 0.6 is 23.4 Å². The summed E-state index contributed by atoms with van der Waals surface area (Å²) in [7, 11) is 1.64. The van der Waals surface area contributed by atoms with E-state index in [1.165, 1.54) is 22.7 Å². The van der Waals surface area contributed by atoms with E-state index in [0.29, 0.717) is 33.3 Å². The summed E-state index contributed by atoms with van der Waals surface area (Å²) in [6.45, 7) is 0.367. The third-order valence-corrected chi connectivity index (χ3v) is 6.21. The third kappa shape index (κ3) is 4.65. The SMILES string of the molecule is CN1C(=O)C(=Cc2ccccc2F)Sc2ccc(C(=O)NCc3ccc(Cl)cc3)cc21. The molecule has 3 aromatic rings. The van der Waals surface area contributed by atoms with Gasteiger partial charge in [0, 0.05) is 34.6 Å². The highest BCUT2D eigenvalue weighted by molar-refractivity contribution is 8.04. The van der Waals surface area contributed by atoms with Crippen molar-refractivity contribution in [1.29, 1.82) is 0 Å². The van der Waals surface area contributed by atoms with Crippen molar-refractivity contribution in [3.63, 3.8) is 0 Å². The van der Waals surface area contributed by atoms with Gasteiger partial charge in [-0.1, -0.05) is 53.7 Å². The van der Waals surface area contributed by atoms with E-state index in [4.69, 9.17) is 11.6 Å². The molecule has 2 amide bonds. The maximum atomic E-state index is 14.0. The number of fused-ring (bicyclic) bond motifs is 1. The highest BCUT2D eigenvalue weighted by Gasteiger charge is 2.27. The lowest BCUT2D eigenvalue weighted by atomic mass is 10.1. The summed E-state index contributed by atoms with van der Waals surface area (Å²) in [4.78, 5) is 28.1. The van der Waals surface area contributed by atoms with Crippen LogP contribution in [0, 0.1) is 5.82 Å². The van der Waals surface area contributed by atoms with Crippen molar-refractivity contribution in [1.82, 2.24) is 5.32 Å². The molecule has 0 fully saturated rings. The van der Waals surface area contributed by atoms with Crippen LogP contribution < -0.4 is 10.2 Å². The standard InChI is InChI=1S/C24H18ClFN2O2S/c1-28-20-12-17(23(29)27-14-15-6-9-18(25)10-7-15)8-11-21(20)31-22(24(28)30)13-16-4-2-3-5-19(16)26/h2-13H,14H2,1H3,(H,27,29). The summed E-state index contributed by atoms with van der Waals surface area (Å²) < 4.78 is 14.0. The highest BCUT2D eigenvalue weighted by Crippen LogP contribution is 2.42. The molecule has 0 atom stereocenters. The fraction of sp³-hybridized carbons (Fsp3) is 0.0833. The zero-order chi connectivity index (χ0) is 22.0. The lowest BCUT2D eigenvalue weighted by Gasteiger charge is -2.27. The molecule has 1 aliphatic rings. The number of hydrogen-bond acceptors (Lipinski definition) is 3. The lowest BCUT2D eigenvalue weighted by Crippen LogP contribution is -2.31. The minimum Gasteiger partial charge on any atom is -0.348 e. The molecular weight excluding hydrogens is 435 g/mol. The van der Waals surface area contributed by atoms with Crippen molar-refractivity contribution in [2.24, 2.45) is 0 Å². The van der Waals surface area contributed by atoms with Crippen LogP contribution in [0.5, 0.6) is 0 Å². The zero-order valence-corrected chi connectivity index (χ0v) is 18.1. The van der Waals surface area contributed by atoms with Gasteiger partial charge in [0.25, 0.3) is 11.8 Å². The van der Waals surface area contributed by atoms with Crippen molar-refractivity contribution < 1.29 is 14.0 Å². The second-order valence-electron chi connectivity index (χ2n) is 6.99. The molecule has 1 N–H and O–H groups in total. The molecule has 4 rings (SSSR count). The normalized spacial score (nSPS) is 14.5. The maximum Gasteiger partial charge on any atom is 0.264 e. The van der Waals surface area contributed by atoms with E-state index in [0.717, 1.165) is 10.5 Å². The van der Waals surface area contributed by atoms with Crippen LogP contribution in [0.1, 0.15) is 21.5 Å². The van der Waals surface area contributed by atoms with Crippen LogP contribution in [0.3, 0.4) is 0 Å². The fourth-order valence-electron chi connectivity index (χ4n) is 3.16. The average molecular weight is 453 g/mol. The first-order valence-corrected chi connectivity index (χ1v) is 10.7. The Labute approximate surface area is 188 Å². The number of benzene rings is 3. The van der Waals surface area contributed by atoms with E-state index in [1.54, 1.807) is 61.7 Å². The summed E-state index contributed by atoms with van der Waals surface area (Å²) in [5.41, 5.74) is 2.38. The number of anilines is 1. The number of likely N-dealkylation sites (N-methyl/N-ethyl adjacent to an activating group) is 1. The minimum atomic E-state index is -0.385. The van der Waals surface area contributed by atoms with Gasteiger partial charge in [-0.05, 0) is 48.0 Å². The minimum absolute atomic E-state index is 0.240. The highest BCUT2D eigenvalue weighted by atomic mass is 35.5. The number of hydrogen-bond donors (Lipinski definition) is 1. The van der Waals surface area contributed by atoms with E-state index >= 15 is 0 Å². The second kappa shape index (κ2) is 8.96. The largest absolute Gasteiger partial charge is 0.348 e. The number of amides is 2. The van der Waals surface area contributed by atoms with E-state index in [-0.39, 0.29) is 17.6 Å². The van der Waals surface area contributed by atoms with Crippen LogP contribution in [0.4, 0.5) is 10.1 Å². The van der Waals surface area contributed by atoms with Gasteiger partial charge in [-0.3, -0.25) is 9.59 Å². The fourth-order valence-corrected chi connectivity index (χ4v) is 4.36. The van der Waals surface area contributed by atoms with Gasteiger partial charge in [0.2, 0.25) is 0 Å². The number of halogens is 2. The van der Waals surface area contributed by atoms with Crippen LogP contribution in [-0.4, -0.2) is 18.9 Å². The van der Waals surface area contributed by atoms with Gasteiger partial charge >= 0.3 is 0 Å². The smallest absolute Gasteiger partial charge is 0.264 e. The van der Waals surface area contributed by atoms with Gasteiger partial charge < -0.3 is 10.2 Å². The molecule has 31 heavy (non-hydrogen) atoms. The Morgan fingerprint density at radius 2 is 1.87 bits per heavy atom. The molecule has 0 saturated carbocycles. The van der Waals surface area contributed by atoms with Gasteiger partial charge in [0.05, 0.1) is 10.6 Å². The summed E-state index contributed by atoms with van der Waals surface area (Å²) >= 11 is 7.15. The molecular formula is C24H18ClFN2O2S. The zero-order valence-electron chi connectivity index (χ0n) is 16.6. The van der Waals surface area contributed by atoms with Gasteiger partial charge in [0.1, 0.15) is 5.82 Å². The molecule has 0 aliphatic carbocycles. The number of thioether (sulfide) groups is 1. The molecule has 0 saturated heterocycles. The Morgan fingerprint density at radius 1 is 1.13 bits per heavy atom. The lowest BCUT2D eigenvalue weighted by molar-refractivity contribution is -0.114. The predicted molar refractivity (Wildman–Crippen MR) is 123 cm³/mol. The first-order chi connectivity index (χ1) is 14.9. The van der Waals surface area contributed by atoms with Crippen molar-refractivity contribution in [3.8, 4) is 0 Å². The van der Waals surface area contributed by atoms with Gasteiger partial charge in [0.15, 0.2) is 0 Å². The number of rotatable bonds is 4. The Bertz CT molecular complexity index is 1190. The maximum absolute atomic E-state index is 14.0. The van der Waals surface area contributed by atoms with Gasteiger partial charge in [-0.15, -0.1) is 0 Å². The molecule has 0 spiro atoms. The van der Waals surface area contributed by atoms with Crippen LogP contribution in [-0.2, 0) is 11.3 Å². The molecule has 0 radical (unpaired) electrons. The Kier molecular flexibility index (Phi) is 6.11. The summed E-state index contributed by atoms with van der Waals surface area (Å²) in [5, 5.41) is 3.51. The van der Waals surface area contributed by atoms with E-state index in [2.05, 4.69) is 5.32 Å². The van der Waals surface area contributed by atoms with Gasteiger partial charge in [-0.2, -0.15) is 0 Å². The predicted octanol–water partition coefficient (Wildman–Crippen LogP) is 5.52. The second-order valence-corrected chi connectivity index (χ2v) is 8.51. The van der Waals surface area contributed by atoms with Crippen LogP contribution in [0.25, 0.3) is 6.08 Å². The number of carbonyl (C=O) groups is 2. The average Bonchev–Trinajstić information content (AvgIpc) is 2.78. The molecule has 7 heteroatoms. The molecule has 3 aromatic carbocycles. The van der Waals surface area contributed by atoms with Crippen molar-refractivity contribution >= 4 is 46.9 Å². The molecule has 1 aliphatic heterocycles. The molecule has 1 heterocycles. The Morgan fingerprint density at radius 3 is 2.61 bits per heavy atom. The molecule has 156 valence electrons. The Balaban J connectivity index is 1.54. The van der Waals surface area contributed by atoms with Crippen LogP contribution in [0.15, 0.2) is 76.5 Å². The number of nitrogens with zero attached hydrogens (tertiary/aromatic N) is 1. The van der Waals surface area contributed by atoms with Crippen molar-refractivity contribution in [2.45, 2.75) is 11.4 Å². The first kappa shape index (κ1) is 21.2. The van der Waals surface area contributed by atoms with Crippen molar-refractivity contribution in [3.05, 3.63) is 99.2 Å². The number of carbonyl (C=O) groups excluding carboxylic acids is 2. The number of nitrogens with one attached hydrogen (secondary N) is 1. The molecule has 0 aromatic heterocycles. The summed E-state index contributed by atoms with van der Waals surface area (Å²) in [6, 6.07) is 18.8. The van der Waals surface area contributed by atoms with E-state index < -0.39 is 0 Å². The molecule has 0 bridgehead atoms. The van der Waals surface area contributed by atoms with Gasteiger partial charge in [-0.25, -0.2) is 4.39 Å². The molecule has 0 unspecified atom stereocenters. The quantitative estimate of drug-likeness (QED) is 0.530.